The highest BCUT2D eigenvalue weighted by Gasteiger charge is 2.45. The molecule has 1 heterocycles. The standard InChI is InChI=1S/C29H37NO5/c1-2-3-4-5-6-7-8-11-19-14-15-21-22(20-12-9-10-13-26(20)35-27(21)16-19)17-25(29(33)34)30-24-18-23(24)28(31)32/h9-10,12-16,22-25,30H,2-8,11,17-18H2,1H3,(H,31,32)(H,33,34). The molecule has 6 heteroatoms. The largest absolute Gasteiger partial charge is 0.481 e. The van der Waals surface area contributed by atoms with Gasteiger partial charge in [-0.05, 0) is 43.4 Å². The fourth-order valence-electron chi connectivity index (χ4n) is 5.18. The highest BCUT2D eigenvalue weighted by Crippen LogP contribution is 2.46. The van der Waals surface area contributed by atoms with Crippen molar-refractivity contribution in [1.29, 1.82) is 0 Å². The summed E-state index contributed by atoms with van der Waals surface area (Å²) in [5, 5.41) is 22.2. The van der Waals surface area contributed by atoms with Crippen LogP contribution in [-0.4, -0.2) is 34.2 Å². The lowest BCUT2D eigenvalue weighted by molar-refractivity contribution is -0.141. The number of carbonyl (C=O) groups is 2. The number of nitrogens with one attached hydrogen (secondary N) is 1. The van der Waals surface area contributed by atoms with Crippen molar-refractivity contribution in [2.45, 2.75) is 89.1 Å². The van der Waals surface area contributed by atoms with Gasteiger partial charge in [-0.1, -0.05) is 75.8 Å². The molecule has 0 aromatic heterocycles. The van der Waals surface area contributed by atoms with Crippen molar-refractivity contribution in [3.05, 3.63) is 59.2 Å². The van der Waals surface area contributed by atoms with Gasteiger partial charge in [0.15, 0.2) is 0 Å². The van der Waals surface area contributed by atoms with Crippen LogP contribution in [0.3, 0.4) is 0 Å². The number of ether oxygens (including phenoxy) is 1. The maximum atomic E-state index is 12.1. The van der Waals surface area contributed by atoms with Crippen molar-refractivity contribution in [3.63, 3.8) is 0 Å². The summed E-state index contributed by atoms with van der Waals surface area (Å²) in [6.45, 7) is 2.24. The molecule has 2 aromatic rings. The molecule has 1 aliphatic carbocycles. The Morgan fingerprint density at radius 2 is 1.69 bits per heavy atom. The van der Waals surface area contributed by atoms with E-state index in [0.29, 0.717) is 12.8 Å². The van der Waals surface area contributed by atoms with E-state index in [0.717, 1.165) is 35.5 Å². The Morgan fingerprint density at radius 3 is 2.40 bits per heavy atom. The normalized spacial score (nSPS) is 20.9. The van der Waals surface area contributed by atoms with E-state index in [4.69, 9.17) is 4.74 Å². The molecule has 0 bridgehead atoms. The molecule has 0 saturated heterocycles. The predicted molar refractivity (Wildman–Crippen MR) is 135 cm³/mol. The first kappa shape index (κ1) is 25.2. The summed E-state index contributed by atoms with van der Waals surface area (Å²) in [6.07, 6.45) is 10.7. The van der Waals surface area contributed by atoms with Gasteiger partial charge in [-0.3, -0.25) is 9.59 Å². The van der Waals surface area contributed by atoms with Gasteiger partial charge in [-0.15, -0.1) is 0 Å². The van der Waals surface area contributed by atoms with Crippen LogP contribution in [0.15, 0.2) is 42.5 Å². The van der Waals surface area contributed by atoms with Crippen LogP contribution in [0.25, 0.3) is 0 Å². The van der Waals surface area contributed by atoms with Gasteiger partial charge < -0.3 is 20.3 Å². The van der Waals surface area contributed by atoms with Gasteiger partial charge in [0.05, 0.1) is 5.92 Å². The third-order valence-electron chi connectivity index (χ3n) is 7.33. The number of unbranched alkanes of at least 4 members (excludes halogenated alkanes) is 6. The average Bonchev–Trinajstić information content (AvgIpc) is 3.62. The number of carboxylic acids is 2. The number of aryl methyl sites for hydroxylation is 1. The second kappa shape index (κ2) is 11.7. The topological polar surface area (TPSA) is 95.9 Å². The monoisotopic (exact) mass is 479 g/mol. The van der Waals surface area contributed by atoms with E-state index in [1.807, 2.05) is 24.3 Å². The number of aliphatic carboxylic acids is 2. The molecule has 6 nitrogen and oxygen atoms in total. The van der Waals surface area contributed by atoms with E-state index in [1.165, 1.54) is 44.1 Å². The molecular formula is C29H37NO5. The summed E-state index contributed by atoms with van der Waals surface area (Å²) in [4.78, 5) is 23.3. The summed E-state index contributed by atoms with van der Waals surface area (Å²) in [6, 6.07) is 13.0. The van der Waals surface area contributed by atoms with E-state index in [1.54, 1.807) is 0 Å². The summed E-state index contributed by atoms with van der Waals surface area (Å²) in [5.41, 5.74) is 3.20. The molecule has 0 radical (unpaired) electrons. The van der Waals surface area contributed by atoms with Crippen molar-refractivity contribution in [2.75, 3.05) is 0 Å². The molecule has 3 N–H and O–H groups in total. The van der Waals surface area contributed by atoms with E-state index in [-0.39, 0.29) is 12.0 Å². The van der Waals surface area contributed by atoms with Gasteiger partial charge in [-0.2, -0.15) is 0 Å². The number of para-hydroxylation sites is 1. The van der Waals surface area contributed by atoms with Gasteiger partial charge in [0.25, 0.3) is 0 Å². The van der Waals surface area contributed by atoms with Crippen LogP contribution in [0, 0.1) is 5.92 Å². The molecule has 0 amide bonds. The molecule has 1 saturated carbocycles. The number of hydrogen-bond acceptors (Lipinski definition) is 4. The molecule has 4 rings (SSSR count). The van der Waals surface area contributed by atoms with Crippen LogP contribution >= 0.6 is 0 Å². The Bertz CT molecular complexity index is 1040. The zero-order valence-electron chi connectivity index (χ0n) is 20.5. The average molecular weight is 480 g/mol. The molecular weight excluding hydrogens is 442 g/mol. The first-order chi connectivity index (χ1) is 17.0. The predicted octanol–water partition coefficient (Wildman–Crippen LogP) is 6.12. The zero-order chi connectivity index (χ0) is 24.8. The van der Waals surface area contributed by atoms with E-state index < -0.39 is 23.9 Å². The van der Waals surface area contributed by atoms with Crippen molar-refractivity contribution < 1.29 is 24.5 Å². The minimum atomic E-state index is -0.956. The van der Waals surface area contributed by atoms with Crippen molar-refractivity contribution in [1.82, 2.24) is 5.32 Å². The zero-order valence-corrected chi connectivity index (χ0v) is 20.5. The fourth-order valence-corrected chi connectivity index (χ4v) is 5.18. The number of carboxylic acid groups (broad SMARTS) is 2. The van der Waals surface area contributed by atoms with Crippen molar-refractivity contribution >= 4 is 11.9 Å². The van der Waals surface area contributed by atoms with E-state index in [9.17, 15) is 19.8 Å². The first-order valence-electron chi connectivity index (χ1n) is 13.1. The lowest BCUT2D eigenvalue weighted by Gasteiger charge is -2.30. The Labute approximate surface area is 207 Å². The minimum Gasteiger partial charge on any atom is -0.481 e. The molecule has 2 aliphatic rings. The van der Waals surface area contributed by atoms with Crippen LogP contribution in [0.2, 0.25) is 0 Å². The van der Waals surface area contributed by atoms with Gasteiger partial charge in [-0.25, -0.2) is 0 Å². The van der Waals surface area contributed by atoms with E-state index >= 15 is 0 Å². The van der Waals surface area contributed by atoms with Crippen molar-refractivity contribution in [2.24, 2.45) is 5.92 Å². The molecule has 0 spiro atoms. The summed E-state index contributed by atoms with van der Waals surface area (Å²) in [5.74, 6) is -0.910. The molecule has 188 valence electrons. The fraction of sp³-hybridized carbons (Fsp3) is 0.517. The minimum absolute atomic E-state index is 0.141. The second-order valence-electron chi connectivity index (χ2n) is 10.0. The maximum absolute atomic E-state index is 12.1. The lowest BCUT2D eigenvalue weighted by Crippen LogP contribution is -2.40. The van der Waals surface area contributed by atoms with Crippen LogP contribution in [0.4, 0.5) is 0 Å². The van der Waals surface area contributed by atoms with Gasteiger partial charge in [0.1, 0.15) is 17.5 Å². The third kappa shape index (κ3) is 6.43. The Hall–Kier alpha value is -2.86. The maximum Gasteiger partial charge on any atom is 0.320 e. The number of fused-ring (bicyclic) bond motifs is 2. The second-order valence-corrected chi connectivity index (χ2v) is 10.0. The highest BCUT2D eigenvalue weighted by molar-refractivity contribution is 5.76. The third-order valence-corrected chi connectivity index (χ3v) is 7.33. The number of benzene rings is 2. The first-order valence-corrected chi connectivity index (χ1v) is 13.1. The molecule has 2 aromatic carbocycles. The van der Waals surface area contributed by atoms with Gasteiger partial charge in [0, 0.05) is 23.1 Å². The Morgan fingerprint density at radius 1 is 0.971 bits per heavy atom. The van der Waals surface area contributed by atoms with Gasteiger partial charge >= 0.3 is 11.9 Å². The quantitative estimate of drug-likeness (QED) is 0.282. The molecule has 1 fully saturated rings. The smallest absolute Gasteiger partial charge is 0.320 e. The number of hydrogen-bond donors (Lipinski definition) is 3. The Kier molecular flexibility index (Phi) is 8.45. The summed E-state index contributed by atoms with van der Waals surface area (Å²) < 4.78 is 6.26. The summed E-state index contributed by atoms with van der Waals surface area (Å²) in [7, 11) is 0. The van der Waals surface area contributed by atoms with Gasteiger partial charge in [0.2, 0.25) is 0 Å². The van der Waals surface area contributed by atoms with Crippen molar-refractivity contribution in [3.8, 4) is 11.5 Å². The number of rotatable bonds is 14. The van der Waals surface area contributed by atoms with Crippen LogP contribution in [0.1, 0.15) is 87.3 Å². The van der Waals surface area contributed by atoms with Crippen LogP contribution < -0.4 is 10.1 Å². The Balaban J connectivity index is 1.45. The summed E-state index contributed by atoms with van der Waals surface area (Å²) >= 11 is 0. The lowest BCUT2D eigenvalue weighted by atomic mass is 9.82. The molecule has 4 unspecified atom stereocenters. The molecule has 1 aliphatic heterocycles. The van der Waals surface area contributed by atoms with Crippen LogP contribution in [0.5, 0.6) is 11.5 Å². The highest BCUT2D eigenvalue weighted by atomic mass is 16.5. The van der Waals surface area contributed by atoms with Crippen LogP contribution in [-0.2, 0) is 16.0 Å². The van der Waals surface area contributed by atoms with E-state index in [2.05, 4.69) is 30.4 Å². The molecule has 35 heavy (non-hydrogen) atoms. The SMILES string of the molecule is CCCCCCCCCc1ccc2c(c1)Oc1ccccc1C2CC(NC1CC1C(=O)O)C(=O)O. The molecule has 4 atom stereocenters.